The van der Waals surface area contributed by atoms with Gasteiger partial charge in [0.25, 0.3) is 0 Å². The first kappa shape index (κ1) is 24.7. The Morgan fingerprint density at radius 3 is 2.26 bits per heavy atom. The molecule has 2 rings (SSSR count). The van der Waals surface area contributed by atoms with Crippen molar-refractivity contribution in [2.75, 3.05) is 6.26 Å². The van der Waals surface area contributed by atoms with Crippen molar-refractivity contribution in [1.82, 2.24) is 10.0 Å². The van der Waals surface area contributed by atoms with E-state index >= 15 is 0 Å². The molecule has 0 saturated heterocycles. The number of hydrogen-bond donors (Lipinski definition) is 2. The standard InChI is InChI=1S/C22H27ClN2O5S/c1-22(2,3)30-21(27)24-19(14-20(26)25-31(4,28)29)12-15-8-10-16(11-9-15)17-6-5-7-18(23)13-17/h5-11,13,19H,12,14H2,1-4H3,(H,24,27)(H,25,26)/t19-/m1/s1. The Bertz CT molecular complexity index is 1030. The number of nitrogens with one attached hydrogen (secondary N) is 2. The maximum atomic E-state index is 12.2. The first-order valence-corrected chi connectivity index (χ1v) is 11.9. The Kier molecular flexibility index (Phi) is 8.08. The van der Waals surface area contributed by atoms with Gasteiger partial charge in [-0.15, -0.1) is 0 Å². The summed E-state index contributed by atoms with van der Waals surface area (Å²) in [6.45, 7) is 5.19. The molecule has 0 spiro atoms. The molecule has 31 heavy (non-hydrogen) atoms. The second-order valence-electron chi connectivity index (χ2n) is 8.26. The third-order valence-corrected chi connectivity index (χ3v) is 4.88. The number of benzene rings is 2. The zero-order chi connectivity index (χ0) is 23.2. The molecule has 0 radical (unpaired) electrons. The lowest BCUT2D eigenvalue weighted by Gasteiger charge is -2.23. The van der Waals surface area contributed by atoms with Crippen LogP contribution in [0.15, 0.2) is 48.5 Å². The topological polar surface area (TPSA) is 102 Å². The third-order valence-electron chi connectivity index (χ3n) is 4.05. The van der Waals surface area contributed by atoms with E-state index < -0.39 is 33.7 Å². The predicted octanol–water partition coefficient (Wildman–Crippen LogP) is 3.91. The summed E-state index contributed by atoms with van der Waals surface area (Å²) in [5.74, 6) is -0.709. The highest BCUT2D eigenvalue weighted by Gasteiger charge is 2.22. The Labute approximate surface area is 188 Å². The van der Waals surface area contributed by atoms with Crippen LogP contribution in [0, 0.1) is 0 Å². The second-order valence-corrected chi connectivity index (χ2v) is 10.4. The lowest BCUT2D eigenvalue weighted by Crippen LogP contribution is -2.43. The average molecular weight is 467 g/mol. The maximum Gasteiger partial charge on any atom is 0.407 e. The quantitative estimate of drug-likeness (QED) is 0.644. The fraction of sp³-hybridized carbons (Fsp3) is 0.364. The fourth-order valence-electron chi connectivity index (χ4n) is 2.91. The first-order chi connectivity index (χ1) is 14.3. The van der Waals surface area contributed by atoms with Crippen LogP contribution in [-0.4, -0.2) is 38.3 Å². The van der Waals surface area contributed by atoms with E-state index in [1.807, 2.05) is 47.2 Å². The van der Waals surface area contributed by atoms with Crippen molar-refractivity contribution in [3.8, 4) is 11.1 Å². The molecule has 1 atom stereocenters. The van der Waals surface area contributed by atoms with E-state index in [0.717, 1.165) is 22.9 Å². The molecule has 0 aliphatic heterocycles. The number of hydrogen-bond acceptors (Lipinski definition) is 5. The van der Waals surface area contributed by atoms with Crippen molar-refractivity contribution in [3.63, 3.8) is 0 Å². The van der Waals surface area contributed by atoms with Gasteiger partial charge in [-0.25, -0.2) is 13.2 Å². The van der Waals surface area contributed by atoms with E-state index in [1.54, 1.807) is 26.8 Å². The largest absolute Gasteiger partial charge is 0.444 e. The predicted molar refractivity (Wildman–Crippen MR) is 121 cm³/mol. The number of alkyl carbamates (subject to hydrolysis) is 1. The molecule has 2 aromatic rings. The molecule has 168 valence electrons. The van der Waals surface area contributed by atoms with Gasteiger partial charge in [0.2, 0.25) is 15.9 Å². The Hall–Kier alpha value is -2.58. The van der Waals surface area contributed by atoms with Crippen molar-refractivity contribution in [2.24, 2.45) is 0 Å². The summed E-state index contributed by atoms with van der Waals surface area (Å²) in [5.41, 5.74) is 2.09. The van der Waals surface area contributed by atoms with Crippen LogP contribution >= 0.6 is 11.6 Å². The molecule has 0 aromatic heterocycles. The van der Waals surface area contributed by atoms with Gasteiger partial charge in [-0.1, -0.05) is 48.0 Å². The van der Waals surface area contributed by atoms with Crippen molar-refractivity contribution >= 4 is 33.6 Å². The lowest BCUT2D eigenvalue weighted by atomic mass is 9.99. The number of carbonyl (C=O) groups is 2. The molecule has 0 aliphatic rings. The van der Waals surface area contributed by atoms with Crippen LogP contribution in [0.5, 0.6) is 0 Å². The minimum Gasteiger partial charge on any atom is -0.444 e. The van der Waals surface area contributed by atoms with Gasteiger partial charge in [-0.3, -0.25) is 9.52 Å². The Morgan fingerprint density at radius 1 is 1.06 bits per heavy atom. The first-order valence-electron chi connectivity index (χ1n) is 9.66. The maximum absolute atomic E-state index is 12.2. The molecule has 0 bridgehead atoms. The summed E-state index contributed by atoms with van der Waals surface area (Å²) in [5, 5.41) is 3.30. The van der Waals surface area contributed by atoms with E-state index in [4.69, 9.17) is 16.3 Å². The molecular weight excluding hydrogens is 440 g/mol. The van der Waals surface area contributed by atoms with Crippen molar-refractivity contribution in [2.45, 2.75) is 45.3 Å². The van der Waals surface area contributed by atoms with Crippen LogP contribution in [0.2, 0.25) is 5.02 Å². The van der Waals surface area contributed by atoms with Crippen LogP contribution in [0.25, 0.3) is 11.1 Å². The van der Waals surface area contributed by atoms with Gasteiger partial charge >= 0.3 is 6.09 Å². The SMILES string of the molecule is CC(C)(C)OC(=O)N[C@@H](CC(=O)NS(C)(=O)=O)Cc1ccc(-c2cccc(Cl)c2)cc1. The van der Waals surface area contributed by atoms with Crippen LogP contribution in [0.1, 0.15) is 32.8 Å². The van der Waals surface area contributed by atoms with Gasteiger partial charge in [0, 0.05) is 17.5 Å². The number of ether oxygens (including phenoxy) is 1. The molecule has 2 N–H and O–H groups in total. The molecule has 0 aliphatic carbocycles. The molecule has 0 saturated carbocycles. The number of rotatable bonds is 7. The highest BCUT2D eigenvalue weighted by atomic mass is 35.5. The molecule has 0 fully saturated rings. The Balaban J connectivity index is 2.15. The summed E-state index contributed by atoms with van der Waals surface area (Å²) in [7, 11) is -3.69. The second kappa shape index (κ2) is 10.2. The Morgan fingerprint density at radius 2 is 1.71 bits per heavy atom. The number of carbonyl (C=O) groups excluding carboxylic acids is 2. The van der Waals surface area contributed by atoms with Crippen LogP contribution in [0.4, 0.5) is 4.79 Å². The zero-order valence-electron chi connectivity index (χ0n) is 17.9. The number of halogens is 1. The molecule has 0 unspecified atom stereocenters. The van der Waals surface area contributed by atoms with Gasteiger partial charge in [0.05, 0.1) is 6.26 Å². The fourth-order valence-corrected chi connectivity index (χ4v) is 3.59. The summed E-state index contributed by atoms with van der Waals surface area (Å²) in [6.07, 6.45) is 0.310. The van der Waals surface area contributed by atoms with E-state index in [1.165, 1.54) is 0 Å². The summed E-state index contributed by atoms with van der Waals surface area (Å²) < 4.78 is 29.9. The molecule has 9 heteroatoms. The summed E-state index contributed by atoms with van der Waals surface area (Å²) >= 11 is 6.05. The van der Waals surface area contributed by atoms with Crippen LogP contribution in [-0.2, 0) is 26.0 Å². The normalized spacial score (nSPS) is 12.7. The third kappa shape index (κ3) is 9.40. The van der Waals surface area contributed by atoms with E-state index in [0.29, 0.717) is 11.4 Å². The van der Waals surface area contributed by atoms with Gasteiger partial charge in [-0.2, -0.15) is 0 Å². The van der Waals surface area contributed by atoms with Gasteiger partial charge in [0.15, 0.2) is 0 Å². The average Bonchev–Trinajstić information content (AvgIpc) is 2.58. The lowest BCUT2D eigenvalue weighted by molar-refractivity contribution is -0.119. The molecule has 2 amide bonds. The van der Waals surface area contributed by atoms with E-state index in [9.17, 15) is 18.0 Å². The van der Waals surface area contributed by atoms with Crippen molar-refractivity contribution in [3.05, 3.63) is 59.1 Å². The number of sulfonamides is 1. The van der Waals surface area contributed by atoms with Crippen LogP contribution in [0.3, 0.4) is 0 Å². The monoisotopic (exact) mass is 466 g/mol. The smallest absolute Gasteiger partial charge is 0.407 e. The molecule has 2 aromatic carbocycles. The van der Waals surface area contributed by atoms with E-state index in [-0.39, 0.29) is 6.42 Å². The zero-order valence-corrected chi connectivity index (χ0v) is 19.5. The molecule has 0 heterocycles. The highest BCUT2D eigenvalue weighted by Crippen LogP contribution is 2.23. The van der Waals surface area contributed by atoms with Crippen molar-refractivity contribution < 1.29 is 22.7 Å². The summed E-state index contributed by atoms with van der Waals surface area (Å²) in [4.78, 5) is 24.3. The molecule has 7 nitrogen and oxygen atoms in total. The minimum atomic E-state index is -3.69. The summed E-state index contributed by atoms with van der Waals surface area (Å²) in [6, 6.07) is 14.4. The molecular formula is C22H27ClN2O5S. The number of amides is 2. The van der Waals surface area contributed by atoms with Crippen molar-refractivity contribution in [1.29, 1.82) is 0 Å². The van der Waals surface area contributed by atoms with Crippen LogP contribution < -0.4 is 10.0 Å². The highest BCUT2D eigenvalue weighted by molar-refractivity contribution is 7.89. The van der Waals surface area contributed by atoms with Gasteiger partial charge < -0.3 is 10.1 Å². The van der Waals surface area contributed by atoms with E-state index in [2.05, 4.69) is 5.32 Å². The van der Waals surface area contributed by atoms with Gasteiger partial charge in [0.1, 0.15) is 5.60 Å². The minimum absolute atomic E-state index is 0.220. The van der Waals surface area contributed by atoms with Gasteiger partial charge in [-0.05, 0) is 56.0 Å².